The van der Waals surface area contributed by atoms with Gasteiger partial charge in [0, 0.05) is 34.5 Å². The van der Waals surface area contributed by atoms with E-state index in [1.807, 2.05) is 0 Å². The fourth-order valence-corrected chi connectivity index (χ4v) is 2.88. The van der Waals surface area contributed by atoms with Gasteiger partial charge < -0.3 is 28.4 Å². The standard InChI is InChI=1S/C19H38O6/c1-5-6-7-8-9-10-12-18(19(20-2,21-3)22-4)24-14-11-13-23-15-17-16-25-17/h17-18H,5-16H2,1-4H3. The molecule has 1 aliphatic heterocycles. The Labute approximate surface area is 153 Å². The molecule has 2 atom stereocenters. The molecule has 0 N–H and O–H groups in total. The largest absolute Gasteiger partial charge is 0.379 e. The van der Waals surface area contributed by atoms with Crippen LogP contribution in [-0.2, 0) is 28.4 Å². The minimum Gasteiger partial charge on any atom is -0.379 e. The van der Waals surface area contributed by atoms with E-state index in [2.05, 4.69) is 6.92 Å². The minimum absolute atomic E-state index is 0.259. The van der Waals surface area contributed by atoms with Gasteiger partial charge in [0.2, 0.25) is 0 Å². The quantitative estimate of drug-likeness (QED) is 0.211. The topological polar surface area (TPSA) is 58.7 Å². The van der Waals surface area contributed by atoms with Crippen molar-refractivity contribution in [2.45, 2.75) is 76.5 Å². The number of hydrogen-bond acceptors (Lipinski definition) is 6. The highest BCUT2D eigenvalue weighted by Gasteiger charge is 2.40. The Morgan fingerprint density at radius 2 is 1.56 bits per heavy atom. The molecule has 2 unspecified atom stereocenters. The lowest BCUT2D eigenvalue weighted by Gasteiger charge is -2.36. The molecule has 1 fully saturated rings. The first-order valence-corrected chi connectivity index (χ1v) is 9.68. The summed E-state index contributed by atoms with van der Waals surface area (Å²) < 4.78 is 33.2. The maximum absolute atomic E-state index is 6.04. The van der Waals surface area contributed by atoms with Crippen LogP contribution in [0, 0.1) is 0 Å². The highest BCUT2D eigenvalue weighted by molar-refractivity contribution is 4.72. The van der Waals surface area contributed by atoms with Gasteiger partial charge in [-0.1, -0.05) is 45.4 Å². The average molecular weight is 363 g/mol. The van der Waals surface area contributed by atoms with Crippen LogP contribution in [0.15, 0.2) is 0 Å². The molecule has 1 saturated heterocycles. The summed E-state index contributed by atoms with van der Waals surface area (Å²) in [5.74, 6) is -1.15. The van der Waals surface area contributed by atoms with Crippen LogP contribution in [0.2, 0.25) is 0 Å². The van der Waals surface area contributed by atoms with Crippen molar-refractivity contribution in [1.29, 1.82) is 0 Å². The molecule has 150 valence electrons. The van der Waals surface area contributed by atoms with Crippen molar-refractivity contribution in [2.75, 3.05) is 47.8 Å². The maximum atomic E-state index is 6.04. The zero-order valence-electron chi connectivity index (χ0n) is 16.6. The monoisotopic (exact) mass is 362 g/mol. The van der Waals surface area contributed by atoms with Gasteiger partial charge in [0.15, 0.2) is 0 Å². The molecule has 25 heavy (non-hydrogen) atoms. The molecule has 1 rings (SSSR count). The molecule has 1 heterocycles. The van der Waals surface area contributed by atoms with Gasteiger partial charge in [-0.25, -0.2) is 0 Å². The molecule has 0 spiro atoms. The summed E-state index contributed by atoms with van der Waals surface area (Å²) in [6, 6.07) is 0. The van der Waals surface area contributed by atoms with Crippen molar-refractivity contribution in [3.63, 3.8) is 0 Å². The van der Waals surface area contributed by atoms with E-state index in [0.717, 1.165) is 25.9 Å². The van der Waals surface area contributed by atoms with Crippen molar-refractivity contribution in [3.05, 3.63) is 0 Å². The van der Waals surface area contributed by atoms with E-state index in [9.17, 15) is 0 Å². The van der Waals surface area contributed by atoms with Gasteiger partial charge in [0.25, 0.3) is 0 Å². The molecule has 0 aromatic rings. The summed E-state index contributed by atoms with van der Waals surface area (Å²) in [4.78, 5) is 0. The lowest BCUT2D eigenvalue weighted by Crippen LogP contribution is -2.49. The zero-order chi connectivity index (χ0) is 18.4. The Hall–Kier alpha value is -0.240. The van der Waals surface area contributed by atoms with Crippen LogP contribution in [0.3, 0.4) is 0 Å². The molecule has 6 nitrogen and oxygen atoms in total. The van der Waals surface area contributed by atoms with Gasteiger partial charge in [-0.3, -0.25) is 0 Å². The third-order valence-corrected chi connectivity index (χ3v) is 4.53. The van der Waals surface area contributed by atoms with E-state index < -0.39 is 5.97 Å². The summed E-state index contributed by atoms with van der Waals surface area (Å²) in [7, 11) is 4.76. The molecule has 6 heteroatoms. The first kappa shape index (κ1) is 22.8. The summed E-state index contributed by atoms with van der Waals surface area (Å²) in [6.07, 6.45) is 9.12. The predicted octanol–water partition coefficient (Wildman–Crippen LogP) is 3.52. The van der Waals surface area contributed by atoms with Crippen molar-refractivity contribution in [2.24, 2.45) is 0 Å². The van der Waals surface area contributed by atoms with E-state index in [-0.39, 0.29) is 6.10 Å². The van der Waals surface area contributed by atoms with Crippen LogP contribution < -0.4 is 0 Å². The Balaban J connectivity index is 2.29. The van der Waals surface area contributed by atoms with Crippen LogP contribution in [0.1, 0.15) is 58.3 Å². The molecule has 0 amide bonds. The highest BCUT2D eigenvalue weighted by atomic mass is 16.9. The summed E-state index contributed by atoms with van der Waals surface area (Å²) >= 11 is 0. The molecule has 1 aliphatic rings. The lowest BCUT2D eigenvalue weighted by atomic mass is 10.1. The van der Waals surface area contributed by atoms with Crippen molar-refractivity contribution in [1.82, 2.24) is 0 Å². The second kappa shape index (κ2) is 13.9. The van der Waals surface area contributed by atoms with Crippen molar-refractivity contribution < 1.29 is 28.4 Å². The molecule has 0 bridgehead atoms. The van der Waals surface area contributed by atoms with Crippen LogP contribution >= 0.6 is 0 Å². The van der Waals surface area contributed by atoms with Gasteiger partial charge in [0.05, 0.1) is 13.2 Å². The summed E-state index contributed by atoms with van der Waals surface area (Å²) in [5.41, 5.74) is 0. The normalized spacial score (nSPS) is 18.5. The highest BCUT2D eigenvalue weighted by Crippen LogP contribution is 2.25. The van der Waals surface area contributed by atoms with E-state index >= 15 is 0 Å². The van der Waals surface area contributed by atoms with Gasteiger partial charge >= 0.3 is 5.97 Å². The Morgan fingerprint density at radius 1 is 0.920 bits per heavy atom. The first-order chi connectivity index (χ1) is 12.2. The van der Waals surface area contributed by atoms with E-state index in [0.29, 0.717) is 25.9 Å². The number of hydrogen-bond donors (Lipinski definition) is 0. The fraction of sp³-hybridized carbons (Fsp3) is 1.00. The van der Waals surface area contributed by atoms with Crippen LogP contribution in [0.5, 0.6) is 0 Å². The number of epoxide rings is 1. The van der Waals surface area contributed by atoms with E-state index in [4.69, 9.17) is 28.4 Å². The SMILES string of the molecule is CCCCCCCCC(OCCCOCC1CO1)C(OC)(OC)OC. The fourth-order valence-electron chi connectivity index (χ4n) is 2.88. The number of unbranched alkanes of at least 4 members (excludes halogenated alkanes) is 5. The Kier molecular flexibility index (Phi) is 12.7. The summed E-state index contributed by atoms with van der Waals surface area (Å²) in [6.45, 7) is 5.00. The van der Waals surface area contributed by atoms with Gasteiger partial charge in [-0.2, -0.15) is 0 Å². The molecule has 0 aromatic carbocycles. The zero-order valence-corrected chi connectivity index (χ0v) is 16.6. The molecule has 0 aliphatic carbocycles. The Morgan fingerprint density at radius 3 is 2.16 bits per heavy atom. The van der Waals surface area contributed by atoms with Gasteiger partial charge in [-0.05, 0) is 12.8 Å². The van der Waals surface area contributed by atoms with E-state index in [1.54, 1.807) is 21.3 Å². The molecular weight excluding hydrogens is 324 g/mol. The maximum Gasteiger partial charge on any atom is 0.310 e. The third-order valence-electron chi connectivity index (χ3n) is 4.53. The number of ether oxygens (including phenoxy) is 6. The minimum atomic E-state index is -1.15. The lowest BCUT2D eigenvalue weighted by molar-refractivity contribution is -0.394. The third kappa shape index (κ3) is 9.31. The molecular formula is C19H38O6. The van der Waals surface area contributed by atoms with Crippen LogP contribution in [0.4, 0.5) is 0 Å². The van der Waals surface area contributed by atoms with Crippen molar-refractivity contribution in [3.8, 4) is 0 Å². The summed E-state index contributed by atoms with van der Waals surface area (Å²) in [5, 5.41) is 0. The van der Waals surface area contributed by atoms with Gasteiger partial charge in [0.1, 0.15) is 12.2 Å². The Bertz CT molecular complexity index is 296. The van der Waals surface area contributed by atoms with Crippen LogP contribution in [0.25, 0.3) is 0 Å². The van der Waals surface area contributed by atoms with Crippen molar-refractivity contribution >= 4 is 0 Å². The van der Waals surface area contributed by atoms with Gasteiger partial charge in [-0.15, -0.1) is 0 Å². The van der Waals surface area contributed by atoms with Crippen LogP contribution in [-0.4, -0.2) is 65.9 Å². The molecule has 0 aromatic heterocycles. The number of rotatable bonds is 18. The smallest absolute Gasteiger partial charge is 0.310 e. The molecule has 0 radical (unpaired) electrons. The number of methoxy groups -OCH3 is 3. The first-order valence-electron chi connectivity index (χ1n) is 9.68. The second-order valence-electron chi connectivity index (χ2n) is 6.52. The average Bonchev–Trinajstić information content (AvgIpc) is 3.46. The van der Waals surface area contributed by atoms with E-state index in [1.165, 1.54) is 32.1 Å². The molecule has 0 saturated carbocycles. The predicted molar refractivity (Wildman–Crippen MR) is 96.7 cm³/mol. The second-order valence-corrected chi connectivity index (χ2v) is 6.52.